The van der Waals surface area contributed by atoms with Crippen molar-refractivity contribution in [3.63, 3.8) is 0 Å². The highest BCUT2D eigenvalue weighted by atomic mass is 32.1. The van der Waals surface area contributed by atoms with Crippen LogP contribution in [0.4, 0.5) is 0 Å². The van der Waals surface area contributed by atoms with Crippen LogP contribution < -0.4 is 9.47 Å². The Labute approximate surface area is 109 Å². The molecule has 96 valence electrons. The molecule has 1 heterocycles. The monoisotopic (exact) mass is 287 g/mol. The summed E-state index contributed by atoms with van der Waals surface area (Å²) in [6.45, 7) is 0. The van der Waals surface area contributed by atoms with Gasteiger partial charge < -0.3 is 14.4 Å². The van der Waals surface area contributed by atoms with E-state index in [4.69, 9.17) is 14.0 Å². The molecule has 6 nitrogen and oxygen atoms in total. The Morgan fingerprint density at radius 1 is 1.39 bits per heavy atom. The first kappa shape index (κ1) is 13.2. The van der Waals surface area contributed by atoms with E-state index in [-0.39, 0.29) is 0 Å². The maximum Gasteiger partial charge on any atom is 0.391 e. The number of benzene rings is 1. The van der Waals surface area contributed by atoms with E-state index >= 15 is 0 Å². The Balaban J connectivity index is 2.57. The summed E-state index contributed by atoms with van der Waals surface area (Å²) in [7, 11) is -0.892. The van der Waals surface area contributed by atoms with Crippen LogP contribution in [0.1, 0.15) is 5.56 Å². The van der Waals surface area contributed by atoms with E-state index < -0.39 is 13.1 Å². The SMILES string of the molecule is COc1cc(OC)cc(C2(N=C=S)OP2(=O)O)c1. The highest BCUT2D eigenvalue weighted by Crippen LogP contribution is 2.81. The Kier molecular flexibility index (Phi) is 3.27. The van der Waals surface area contributed by atoms with Gasteiger partial charge >= 0.3 is 13.1 Å². The van der Waals surface area contributed by atoms with Crippen LogP contribution in [0.5, 0.6) is 11.5 Å². The standard InChI is InChI=1S/C10H10NO5PS/c1-14-8-3-7(4-9(5-8)15-2)10(11-6-18)16-17(10,12)13/h3-5H,1-2H3,(H,12,13). The molecule has 8 heteroatoms. The molecular weight excluding hydrogens is 277 g/mol. The normalized spacial score (nSPS) is 29.3. The Bertz CT molecular complexity index is 563. The van der Waals surface area contributed by atoms with Crippen LogP contribution >= 0.6 is 19.8 Å². The summed E-state index contributed by atoms with van der Waals surface area (Å²) in [5, 5.41) is 2.07. The third-order valence-corrected chi connectivity index (χ3v) is 4.18. The van der Waals surface area contributed by atoms with E-state index in [9.17, 15) is 9.46 Å². The third kappa shape index (κ3) is 1.96. The lowest BCUT2D eigenvalue weighted by Crippen LogP contribution is -2.04. The molecule has 2 atom stereocenters. The number of hydrogen-bond acceptors (Lipinski definition) is 6. The Morgan fingerprint density at radius 3 is 2.22 bits per heavy atom. The summed E-state index contributed by atoms with van der Waals surface area (Å²) in [5.41, 5.74) is -1.33. The fourth-order valence-corrected chi connectivity index (χ4v) is 3.06. The smallest absolute Gasteiger partial charge is 0.391 e. The zero-order valence-corrected chi connectivity index (χ0v) is 11.3. The number of ether oxygens (including phenoxy) is 2. The number of aliphatic imine (C=N–C) groups is 1. The molecule has 1 aromatic rings. The lowest BCUT2D eigenvalue weighted by molar-refractivity contribution is 0.325. The fraction of sp³-hybridized carbons (Fsp3) is 0.300. The maximum absolute atomic E-state index is 11.6. The molecule has 0 amide bonds. The Hall–Kier alpha value is -1.23. The zero-order valence-electron chi connectivity index (χ0n) is 9.61. The van der Waals surface area contributed by atoms with Crippen molar-refractivity contribution in [1.82, 2.24) is 0 Å². The molecule has 0 aromatic heterocycles. The van der Waals surface area contributed by atoms with Crippen molar-refractivity contribution in [2.24, 2.45) is 4.99 Å². The van der Waals surface area contributed by atoms with Crippen LogP contribution in [0.2, 0.25) is 0 Å². The van der Waals surface area contributed by atoms with Gasteiger partial charge in [0.15, 0.2) is 0 Å². The second-order valence-electron chi connectivity index (χ2n) is 3.52. The van der Waals surface area contributed by atoms with Crippen molar-refractivity contribution in [2.45, 2.75) is 5.47 Å². The molecule has 0 saturated carbocycles. The minimum Gasteiger partial charge on any atom is -0.497 e. The van der Waals surface area contributed by atoms with E-state index in [0.717, 1.165) is 0 Å². The van der Waals surface area contributed by atoms with Crippen LogP contribution in [0.15, 0.2) is 23.2 Å². The van der Waals surface area contributed by atoms with Gasteiger partial charge in [0.25, 0.3) is 0 Å². The van der Waals surface area contributed by atoms with E-state index in [2.05, 4.69) is 22.4 Å². The average Bonchev–Trinajstić information content (AvgIpc) is 2.92. The largest absolute Gasteiger partial charge is 0.497 e. The topological polar surface area (TPSA) is 80.7 Å². The molecule has 1 saturated heterocycles. The summed E-state index contributed by atoms with van der Waals surface area (Å²) in [4.78, 5) is 13.2. The van der Waals surface area contributed by atoms with E-state index in [1.54, 1.807) is 6.07 Å². The van der Waals surface area contributed by atoms with Gasteiger partial charge in [-0.1, -0.05) is 0 Å². The number of hydrogen-bond donors (Lipinski definition) is 1. The lowest BCUT2D eigenvalue weighted by atomic mass is 10.1. The van der Waals surface area contributed by atoms with Crippen molar-refractivity contribution in [3.8, 4) is 11.5 Å². The van der Waals surface area contributed by atoms with Crippen molar-refractivity contribution >= 4 is 25.0 Å². The second kappa shape index (κ2) is 4.46. The van der Waals surface area contributed by atoms with Gasteiger partial charge in [-0.25, -0.2) is 0 Å². The molecule has 1 aliphatic heterocycles. The molecule has 1 aliphatic rings. The summed E-state index contributed by atoms with van der Waals surface area (Å²) in [6, 6.07) is 4.70. The first-order valence-corrected chi connectivity index (χ1v) is 6.84. The quantitative estimate of drug-likeness (QED) is 0.395. The number of isothiocyanates is 1. The van der Waals surface area contributed by atoms with Crippen molar-refractivity contribution in [3.05, 3.63) is 23.8 Å². The summed E-state index contributed by atoms with van der Waals surface area (Å²) >= 11 is 4.47. The zero-order chi connectivity index (χ0) is 13.4. The summed E-state index contributed by atoms with van der Waals surface area (Å²) < 4.78 is 26.6. The predicted octanol–water partition coefficient (Wildman–Crippen LogP) is 2.13. The lowest BCUT2D eigenvalue weighted by Gasteiger charge is -2.09. The van der Waals surface area contributed by atoms with Gasteiger partial charge in [-0.15, -0.1) is 0 Å². The summed E-state index contributed by atoms with van der Waals surface area (Å²) in [6.07, 6.45) is 0. The van der Waals surface area contributed by atoms with Gasteiger partial charge in [0.05, 0.1) is 19.4 Å². The van der Waals surface area contributed by atoms with Crippen LogP contribution in [-0.4, -0.2) is 24.3 Å². The number of thiocarbonyl (C=S) groups is 1. The first-order chi connectivity index (χ1) is 8.49. The van der Waals surface area contributed by atoms with Crippen molar-refractivity contribution in [2.75, 3.05) is 14.2 Å². The molecule has 2 rings (SSSR count). The molecule has 0 spiro atoms. The number of nitrogens with zero attached hydrogens (tertiary/aromatic N) is 1. The summed E-state index contributed by atoms with van der Waals surface area (Å²) in [5.74, 6) is 0.914. The average molecular weight is 287 g/mol. The van der Waals surface area contributed by atoms with Crippen LogP contribution in [0.25, 0.3) is 0 Å². The minimum atomic E-state index is -3.84. The minimum absolute atomic E-state index is 0.335. The molecule has 1 fully saturated rings. The predicted molar refractivity (Wildman–Crippen MR) is 67.2 cm³/mol. The maximum atomic E-state index is 11.6. The molecule has 0 bridgehead atoms. The fourth-order valence-electron chi connectivity index (χ4n) is 1.57. The van der Waals surface area contributed by atoms with Crippen LogP contribution in [-0.2, 0) is 14.6 Å². The number of methoxy groups -OCH3 is 2. The van der Waals surface area contributed by atoms with Gasteiger partial charge in [0.1, 0.15) is 11.5 Å². The van der Waals surface area contributed by atoms with Gasteiger partial charge in [0, 0.05) is 11.6 Å². The molecule has 2 unspecified atom stereocenters. The van der Waals surface area contributed by atoms with Gasteiger partial charge in [-0.2, -0.15) is 4.99 Å². The number of rotatable bonds is 4. The highest BCUT2D eigenvalue weighted by Gasteiger charge is 2.71. The van der Waals surface area contributed by atoms with Gasteiger partial charge in [0.2, 0.25) is 0 Å². The van der Waals surface area contributed by atoms with Crippen molar-refractivity contribution < 1.29 is 23.5 Å². The highest BCUT2D eigenvalue weighted by molar-refractivity contribution is 7.78. The second-order valence-corrected chi connectivity index (χ2v) is 5.54. The molecule has 0 aliphatic carbocycles. The molecule has 0 radical (unpaired) electrons. The van der Waals surface area contributed by atoms with Crippen molar-refractivity contribution in [1.29, 1.82) is 0 Å². The molecular formula is C10H10NO5PS. The Morgan fingerprint density at radius 2 is 1.89 bits per heavy atom. The van der Waals surface area contributed by atoms with E-state index in [0.29, 0.717) is 17.1 Å². The van der Waals surface area contributed by atoms with Gasteiger partial charge in [-0.05, 0) is 24.4 Å². The molecule has 1 aromatic carbocycles. The molecule has 1 N–H and O–H groups in total. The van der Waals surface area contributed by atoms with Gasteiger partial charge in [-0.3, -0.25) is 9.09 Å². The van der Waals surface area contributed by atoms with Crippen LogP contribution in [0.3, 0.4) is 0 Å². The van der Waals surface area contributed by atoms with Crippen LogP contribution in [0, 0.1) is 0 Å². The van der Waals surface area contributed by atoms with E-state index in [1.807, 2.05) is 0 Å². The third-order valence-electron chi connectivity index (χ3n) is 2.53. The van der Waals surface area contributed by atoms with E-state index in [1.165, 1.54) is 26.4 Å². The molecule has 18 heavy (non-hydrogen) atoms. The first-order valence-electron chi connectivity index (χ1n) is 4.85.